The lowest BCUT2D eigenvalue weighted by molar-refractivity contribution is -0.137. The molecule has 0 amide bonds. The second kappa shape index (κ2) is 5.71. The quantitative estimate of drug-likeness (QED) is 0.879. The standard InChI is InChI=1S/C13H15BrF3NO/c1-19-12-4-2-3-11(12)18-10-6-5-8(7-9(10)14)13(15,16)17/h5-7,11-12,18H,2-4H2,1H3. The summed E-state index contributed by atoms with van der Waals surface area (Å²) >= 11 is 3.19. The number of ether oxygens (including phenoxy) is 1. The van der Waals surface area contributed by atoms with Gasteiger partial charge in [0.25, 0.3) is 0 Å². The fraction of sp³-hybridized carbons (Fsp3) is 0.538. The Bertz CT molecular complexity index is 450. The molecule has 0 bridgehead atoms. The number of methoxy groups -OCH3 is 1. The number of anilines is 1. The van der Waals surface area contributed by atoms with Crippen LogP contribution in [0.1, 0.15) is 24.8 Å². The number of rotatable bonds is 3. The minimum atomic E-state index is -4.32. The van der Waals surface area contributed by atoms with E-state index in [9.17, 15) is 13.2 Å². The van der Waals surface area contributed by atoms with Gasteiger partial charge in [-0.3, -0.25) is 0 Å². The van der Waals surface area contributed by atoms with Gasteiger partial charge in [0.15, 0.2) is 0 Å². The summed E-state index contributed by atoms with van der Waals surface area (Å²) in [6.07, 6.45) is -1.19. The molecule has 0 saturated heterocycles. The van der Waals surface area contributed by atoms with E-state index in [0.29, 0.717) is 10.2 Å². The summed E-state index contributed by atoms with van der Waals surface area (Å²) in [5, 5.41) is 3.25. The summed E-state index contributed by atoms with van der Waals surface area (Å²) in [5.74, 6) is 0. The highest BCUT2D eigenvalue weighted by Crippen LogP contribution is 2.35. The van der Waals surface area contributed by atoms with Crippen LogP contribution in [-0.4, -0.2) is 19.3 Å². The summed E-state index contributed by atoms with van der Waals surface area (Å²) in [6.45, 7) is 0. The van der Waals surface area contributed by atoms with Crippen molar-refractivity contribution in [2.24, 2.45) is 0 Å². The molecule has 2 atom stereocenters. The van der Waals surface area contributed by atoms with Gasteiger partial charge in [0.05, 0.1) is 17.7 Å². The van der Waals surface area contributed by atoms with Gasteiger partial charge < -0.3 is 10.1 Å². The zero-order valence-electron chi connectivity index (χ0n) is 10.4. The Hall–Kier alpha value is -0.750. The molecule has 1 aromatic rings. The van der Waals surface area contributed by atoms with Gasteiger partial charge in [0.1, 0.15) is 0 Å². The smallest absolute Gasteiger partial charge is 0.379 e. The van der Waals surface area contributed by atoms with E-state index in [1.165, 1.54) is 6.07 Å². The molecular weight excluding hydrogens is 323 g/mol. The van der Waals surface area contributed by atoms with Crippen LogP contribution in [0.25, 0.3) is 0 Å². The van der Waals surface area contributed by atoms with Crippen LogP contribution in [-0.2, 0) is 10.9 Å². The van der Waals surface area contributed by atoms with Gasteiger partial charge in [-0.15, -0.1) is 0 Å². The van der Waals surface area contributed by atoms with Crippen molar-refractivity contribution < 1.29 is 17.9 Å². The molecule has 19 heavy (non-hydrogen) atoms. The van der Waals surface area contributed by atoms with Crippen LogP contribution in [0.4, 0.5) is 18.9 Å². The van der Waals surface area contributed by atoms with Crippen LogP contribution in [0.2, 0.25) is 0 Å². The summed E-state index contributed by atoms with van der Waals surface area (Å²) in [7, 11) is 1.66. The second-order valence-electron chi connectivity index (χ2n) is 4.65. The molecule has 0 heterocycles. The van der Waals surface area contributed by atoms with E-state index in [4.69, 9.17) is 4.74 Å². The highest BCUT2D eigenvalue weighted by molar-refractivity contribution is 9.10. The zero-order chi connectivity index (χ0) is 14.0. The average Bonchev–Trinajstić information content (AvgIpc) is 2.77. The van der Waals surface area contributed by atoms with E-state index in [1.54, 1.807) is 7.11 Å². The minimum absolute atomic E-state index is 0.120. The predicted molar refractivity (Wildman–Crippen MR) is 71.2 cm³/mol. The third kappa shape index (κ3) is 3.42. The maximum absolute atomic E-state index is 12.6. The third-order valence-corrected chi connectivity index (χ3v) is 4.05. The highest BCUT2D eigenvalue weighted by Gasteiger charge is 2.31. The molecule has 2 unspecified atom stereocenters. The van der Waals surface area contributed by atoms with E-state index in [-0.39, 0.29) is 12.1 Å². The van der Waals surface area contributed by atoms with Crippen molar-refractivity contribution in [3.8, 4) is 0 Å². The molecule has 1 aliphatic rings. The summed E-state index contributed by atoms with van der Waals surface area (Å²) in [6, 6.07) is 3.79. The SMILES string of the molecule is COC1CCCC1Nc1ccc(C(F)(F)F)cc1Br. The Morgan fingerprint density at radius 1 is 1.32 bits per heavy atom. The molecule has 0 aromatic heterocycles. The number of hydrogen-bond donors (Lipinski definition) is 1. The number of alkyl halides is 3. The Labute approximate surface area is 118 Å². The first-order valence-corrected chi connectivity index (χ1v) is 6.87. The number of nitrogens with one attached hydrogen (secondary N) is 1. The van der Waals surface area contributed by atoms with Crippen LogP contribution < -0.4 is 5.32 Å². The maximum atomic E-state index is 12.6. The monoisotopic (exact) mass is 337 g/mol. The fourth-order valence-corrected chi connectivity index (χ4v) is 2.87. The maximum Gasteiger partial charge on any atom is 0.416 e. The first kappa shape index (κ1) is 14.7. The molecule has 0 spiro atoms. The van der Waals surface area contributed by atoms with Crippen LogP contribution in [0, 0.1) is 0 Å². The fourth-order valence-electron chi connectivity index (χ4n) is 2.38. The van der Waals surface area contributed by atoms with Gasteiger partial charge >= 0.3 is 6.18 Å². The molecule has 1 aromatic carbocycles. The molecule has 2 rings (SSSR count). The summed E-state index contributed by atoms with van der Waals surface area (Å²) in [4.78, 5) is 0. The molecule has 106 valence electrons. The zero-order valence-corrected chi connectivity index (χ0v) is 12.0. The predicted octanol–water partition coefficient (Wildman–Crippen LogP) is 4.45. The first-order valence-electron chi connectivity index (χ1n) is 6.08. The van der Waals surface area contributed by atoms with Crippen molar-refractivity contribution in [1.29, 1.82) is 0 Å². The molecule has 1 saturated carbocycles. The van der Waals surface area contributed by atoms with E-state index in [0.717, 1.165) is 31.4 Å². The van der Waals surface area contributed by atoms with Gasteiger partial charge in [-0.25, -0.2) is 0 Å². The van der Waals surface area contributed by atoms with Crippen molar-refractivity contribution >= 4 is 21.6 Å². The van der Waals surface area contributed by atoms with Gasteiger partial charge in [-0.1, -0.05) is 0 Å². The lowest BCUT2D eigenvalue weighted by Crippen LogP contribution is -2.29. The molecule has 6 heteroatoms. The van der Waals surface area contributed by atoms with Gasteiger partial charge in [0, 0.05) is 17.3 Å². The molecular formula is C13H15BrF3NO. The van der Waals surface area contributed by atoms with Gasteiger partial charge in [-0.2, -0.15) is 13.2 Å². The van der Waals surface area contributed by atoms with Crippen LogP contribution in [0.15, 0.2) is 22.7 Å². The Morgan fingerprint density at radius 2 is 2.05 bits per heavy atom. The molecule has 1 aliphatic carbocycles. The number of hydrogen-bond acceptors (Lipinski definition) is 2. The normalized spacial score (nSPS) is 23.6. The van der Waals surface area contributed by atoms with Crippen molar-refractivity contribution in [1.82, 2.24) is 0 Å². The third-order valence-electron chi connectivity index (χ3n) is 3.39. The lowest BCUT2D eigenvalue weighted by atomic mass is 10.1. The van der Waals surface area contributed by atoms with Crippen molar-refractivity contribution in [2.45, 2.75) is 37.6 Å². The topological polar surface area (TPSA) is 21.3 Å². The molecule has 2 nitrogen and oxygen atoms in total. The number of benzene rings is 1. The highest BCUT2D eigenvalue weighted by atomic mass is 79.9. The molecule has 0 aliphatic heterocycles. The summed E-state index contributed by atoms with van der Waals surface area (Å²) in [5.41, 5.74) is 0.0154. The van der Waals surface area contributed by atoms with Crippen molar-refractivity contribution in [2.75, 3.05) is 12.4 Å². The van der Waals surface area contributed by atoms with E-state index in [2.05, 4.69) is 21.2 Å². The van der Waals surface area contributed by atoms with Crippen LogP contribution >= 0.6 is 15.9 Å². The largest absolute Gasteiger partial charge is 0.416 e. The average molecular weight is 338 g/mol. The second-order valence-corrected chi connectivity index (χ2v) is 5.50. The Balaban J connectivity index is 2.13. The van der Waals surface area contributed by atoms with E-state index >= 15 is 0 Å². The van der Waals surface area contributed by atoms with Crippen molar-refractivity contribution in [3.05, 3.63) is 28.2 Å². The minimum Gasteiger partial charge on any atom is -0.379 e. The van der Waals surface area contributed by atoms with Crippen molar-refractivity contribution in [3.63, 3.8) is 0 Å². The Kier molecular flexibility index (Phi) is 4.40. The van der Waals surface area contributed by atoms with Crippen LogP contribution in [0.5, 0.6) is 0 Å². The lowest BCUT2D eigenvalue weighted by Gasteiger charge is -2.22. The van der Waals surface area contributed by atoms with Gasteiger partial charge in [-0.05, 0) is 53.4 Å². The number of halogens is 4. The van der Waals surface area contributed by atoms with E-state index < -0.39 is 11.7 Å². The summed E-state index contributed by atoms with van der Waals surface area (Å²) < 4.78 is 43.5. The molecule has 0 radical (unpaired) electrons. The molecule has 1 fully saturated rings. The molecule has 1 N–H and O–H groups in total. The van der Waals surface area contributed by atoms with Gasteiger partial charge in [0.2, 0.25) is 0 Å². The van der Waals surface area contributed by atoms with E-state index in [1.807, 2.05) is 0 Å². The van der Waals surface area contributed by atoms with Crippen LogP contribution in [0.3, 0.4) is 0 Å². The first-order chi connectivity index (χ1) is 8.91. The Morgan fingerprint density at radius 3 is 2.63 bits per heavy atom.